The highest BCUT2D eigenvalue weighted by atomic mass is 32.2. The number of aromatic amines is 1. The Morgan fingerprint density at radius 2 is 2.15 bits per heavy atom. The van der Waals surface area contributed by atoms with Gasteiger partial charge in [-0.3, -0.25) is 9.59 Å². The molecule has 110 valence electrons. The number of hydrogen-bond acceptors (Lipinski definition) is 5. The Morgan fingerprint density at radius 3 is 2.65 bits per heavy atom. The SMILES string of the molecule is CC(=O)NC(CSc1cc(=O)[nH]c(C(C)C)n1)C(=O)O. The molecule has 3 N–H and O–H groups in total. The van der Waals surface area contributed by atoms with Crippen LogP contribution < -0.4 is 10.9 Å². The van der Waals surface area contributed by atoms with E-state index in [-0.39, 0.29) is 17.2 Å². The average molecular weight is 299 g/mol. The van der Waals surface area contributed by atoms with Crippen LogP contribution in [-0.4, -0.2) is 38.7 Å². The van der Waals surface area contributed by atoms with Gasteiger partial charge in [0.25, 0.3) is 5.56 Å². The molecule has 0 aliphatic rings. The number of aromatic nitrogens is 2. The number of nitrogens with zero attached hydrogens (tertiary/aromatic N) is 1. The molecule has 0 aliphatic heterocycles. The van der Waals surface area contributed by atoms with Crippen LogP contribution in [0.2, 0.25) is 0 Å². The summed E-state index contributed by atoms with van der Waals surface area (Å²) in [6, 6.07) is 0.296. The molecule has 1 unspecified atom stereocenters. The summed E-state index contributed by atoms with van der Waals surface area (Å²) in [6.45, 7) is 5.04. The van der Waals surface area contributed by atoms with Crippen molar-refractivity contribution in [1.82, 2.24) is 15.3 Å². The number of carboxylic acid groups (broad SMARTS) is 1. The van der Waals surface area contributed by atoms with E-state index in [0.29, 0.717) is 10.9 Å². The highest BCUT2D eigenvalue weighted by Gasteiger charge is 2.19. The zero-order valence-corrected chi connectivity index (χ0v) is 12.3. The van der Waals surface area contributed by atoms with Crippen molar-refractivity contribution in [2.75, 3.05) is 5.75 Å². The first kappa shape index (κ1) is 16.2. The molecule has 1 amide bonds. The van der Waals surface area contributed by atoms with Gasteiger partial charge in [0.15, 0.2) is 0 Å². The van der Waals surface area contributed by atoms with Crippen molar-refractivity contribution in [2.45, 2.75) is 37.8 Å². The molecule has 0 saturated carbocycles. The Hall–Kier alpha value is -1.83. The van der Waals surface area contributed by atoms with Gasteiger partial charge >= 0.3 is 5.97 Å². The van der Waals surface area contributed by atoms with E-state index in [1.807, 2.05) is 13.8 Å². The lowest BCUT2D eigenvalue weighted by molar-refractivity contribution is -0.140. The standard InChI is InChI=1S/C12H17N3O4S/c1-6(2)11-14-9(17)4-10(15-11)20-5-8(12(18)19)13-7(3)16/h4,6,8H,5H2,1-3H3,(H,13,16)(H,18,19)(H,14,15,17). The number of nitrogens with one attached hydrogen (secondary N) is 2. The topological polar surface area (TPSA) is 112 Å². The van der Waals surface area contributed by atoms with Crippen LogP contribution in [0, 0.1) is 0 Å². The summed E-state index contributed by atoms with van der Waals surface area (Å²) in [5.41, 5.74) is -0.280. The van der Waals surface area contributed by atoms with Crippen LogP contribution in [0.15, 0.2) is 15.9 Å². The van der Waals surface area contributed by atoms with E-state index < -0.39 is 17.9 Å². The molecule has 7 nitrogen and oxygen atoms in total. The number of H-pyrrole nitrogens is 1. The summed E-state index contributed by atoms with van der Waals surface area (Å²) >= 11 is 1.12. The number of carboxylic acids is 1. The smallest absolute Gasteiger partial charge is 0.327 e. The fraction of sp³-hybridized carbons (Fsp3) is 0.500. The first-order chi connectivity index (χ1) is 9.29. The number of amides is 1. The molecule has 1 heterocycles. The van der Waals surface area contributed by atoms with Gasteiger partial charge in [-0.1, -0.05) is 13.8 Å². The van der Waals surface area contributed by atoms with E-state index in [4.69, 9.17) is 5.11 Å². The van der Waals surface area contributed by atoms with E-state index in [1.165, 1.54) is 13.0 Å². The molecule has 8 heteroatoms. The average Bonchev–Trinajstić information content (AvgIpc) is 2.33. The second-order valence-corrected chi connectivity index (χ2v) is 5.57. The van der Waals surface area contributed by atoms with Gasteiger partial charge < -0.3 is 15.4 Å². The van der Waals surface area contributed by atoms with Crippen LogP contribution in [0.3, 0.4) is 0 Å². The third-order valence-corrected chi connectivity index (χ3v) is 3.36. The molecule has 1 aromatic rings. The highest BCUT2D eigenvalue weighted by Crippen LogP contribution is 2.17. The molecule has 0 spiro atoms. The third kappa shape index (κ3) is 5.04. The summed E-state index contributed by atoms with van der Waals surface area (Å²) < 4.78 is 0. The van der Waals surface area contributed by atoms with Gasteiger partial charge in [0, 0.05) is 24.7 Å². The molecule has 1 aromatic heterocycles. The predicted molar refractivity (Wildman–Crippen MR) is 74.9 cm³/mol. The minimum absolute atomic E-state index is 0.0638. The van der Waals surface area contributed by atoms with Crippen LogP contribution in [0.1, 0.15) is 32.5 Å². The van der Waals surface area contributed by atoms with Crippen LogP contribution in [-0.2, 0) is 9.59 Å². The van der Waals surface area contributed by atoms with Crippen LogP contribution >= 0.6 is 11.8 Å². The van der Waals surface area contributed by atoms with Gasteiger partial charge in [0.05, 0.1) is 0 Å². The van der Waals surface area contributed by atoms with E-state index in [1.54, 1.807) is 0 Å². The lowest BCUT2D eigenvalue weighted by Crippen LogP contribution is -2.41. The molecule has 0 saturated heterocycles. The number of thioether (sulfide) groups is 1. The van der Waals surface area contributed by atoms with Gasteiger partial charge in [-0.15, -0.1) is 11.8 Å². The first-order valence-corrected chi connectivity index (χ1v) is 7.02. The monoisotopic (exact) mass is 299 g/mol. The Bertz CT molecular complexity index is 556. The number of rotatable bonds is 6. The van der Waals surface area contributed by atoms with Crippen LogP contribution in [0.5, 0.6) is 0 Å². The molecule has 0 aromatic carbocycles. The van der Waals surface area contributed by atoms with Gasteiger partial charge in [-0.2, -0.15) is 0 Å². The summed E-state index contributed by atoms with van der Waals surface area (Å²) in [7, 11) is 0. The molecular formula is C12H17N3O4S. The Balaban J connectivity index is 2.80. The molecule has 0 radical (unpaired) electrons. The first-order valence-electron chi connectivity index (χ1n) is 6.03. The van der Waals surface area contributed by atoms with Gasteiger partial charge in [0.1, 0.15) is 16.9 Å². The van der Waals surface area contributed by atoms with Crippen molar-refractivity contribution in [2.24, 2.45) is 0 Å². The fourth-order valence-corrected chi connectivity index (χ4v) is 2.31. The summed E-state index contributed by atoms with van der Waals surface area (Å²) in [5.74, 6) is -0.829. The van der Waals surface area contributed by atoms with Gasteiger partial charge in [0.2, 0.25) is 5.91 Å². The van der Waals surface area contributed by atoms with Gasteiger partial charge in [-0.25, -0.2) is 9.78 Å². The maximum Gasteiger partial charge on any atom is 0.327 e. The lowest BCUT2D eigenvalue weighted by atomic mass is 10.2. The number of carbonyl (C=O) groups is 2. The maximum atomic E-state index is 11.5. The second kappa shape index (κ2) is 7.09. The summed E-state index contributed by atoms with van der Waals surface area (Å²) in [6.07, 6.45) is 0. The largest absolute Gasteiger partial charge is 0.480 e. The zero-order valence-electron chi connectivity index (χ0n) is 11.5. The summed E-state index contributed by atoms with van der Waals surface area (Å²) in [4.78, 5) is 40.2. The van der Waals surface area contributed by atoms with Crippen LogP contribution in [0.25, 0.3) is 0 Å². The minimum Gasteiger partial charge on any atom is -0.480 e. The lowest BCUT2D eigenvalue weighted by Gasteiger charge is -2.12. The Kier molecular flexibility index (Phi) is 5.75. The molecule has 20 heavy (non-hydrogen) atoms. The third-order valence-electron chi connectivity index (χ3n) is 2.36. The van der Waals surface area contributed by atoms with E-state index in [9.17, 15) is 14.4 Å². The minimum atomic E-state index is -1.12. The van der Waals surface area contributed by atoms with Crippen molar-refractivity contribution in [3.63, 3.8) is 0 Å². The molecule has 0 bridgehead atoms. The van der Waals surface area contributed by atoms with Crippen molar-refractivity contribution in [1.29, 1.82) is 0 Å². The van der Waals surface area contributed by atoms with E-state index in [0.717, 1.165) is 11.8 Å². The quantitative estimate of drug-likeness (QED) is 0.523. The van der Waals surface area contributed by atoms with E-state index >= 15 is 0 Å². The number of carbonyl (C=O) groups excluding carboxylic acids is 1. The normalized spacial score (nSPS) is 12.2. The fourth-order valence-electron chi connectivity index (χ4n) is 1.39. The number of aliphatic carboxylic acids is 1. The molecule has 0 fully saturated rings. The number of hydrogen-bond donors (Lipinski definition) is 3. The van der Waals surface area contributed by atoms with Crippen LogP contribution in [0.4, 0.5) is 0 Å². The van der Waals surface area contributed by atoms with Crippen molar-refractivity contribution in [3.8, 4) is 0 Å². The van der Waals surface area contributed by atoms with E-state index in [2.05, 4.69) is 15.3 Å². The van der Waals surface area contributed by atoms with Crippen molar-refractivity contribution in [3.05, 3.63) is 22.2 Å². The van der Waals surface area contributed by atoms with Gasteiger partial charge in [-0.05, 0) is 0 Å². The predicted octanol–water partition coefficient (Wildman–Crippen LogP) is 0.575. The molecular weight excluding hydrogens is 282 g/mol. The molecule has 0 aliphatic carbocycles. The summed E-state index contributed by atoms with van der Waals surface area (Å²) in [5, 5.41) is 11.7. The highest BCUT2D eigenvalue weighted by molar-refractivity contribution is 7.99. The molecule has 1 atom stereocenters. The maximum absolute atomic E-state index is 11.5. The Labute approximate surface area is 120 Å². The zero-order chi connectivity index (χ0) is 15.3. The second-order valence-electron chi connectivity index (χ2n) is 4.53. The molecule has 1 rings (SSSR count). The van der Waals surface area contributed by atoms with Crippen molar-refractivity contribution < 1.29 is 14.7 Å². The van der Waals surface area contributed by atoms with Crippen molar-refractivity contribution >= 4 is 23.6 Å². The Morgan fingerprint density at radius 1 is 1.50 bits per heavy atom.